The summed E-state index contributed by atoms with van der Waals surface area (Å²) in [7, 11) is 0. The number of alkyl halides is 1. The van der Waals surface area contributed by atoms with Gasteiger partial charge in [-0.25, -0.2) is 4.85 Å². The van der Waals surface area contributed by atoms with E-state index in [1.807, 2.05) is 0 Å². The summed E-state index contributed by atoms with van der Waals surface area (Å²) in [6.07, 6.45) is 0. The fourth-order valence-corrected chi connectivity index (χ4v) is 1.13. The zero-order chi connectivity index (χ0) is 11.3. The van der Waals surface area contributed by atoms with E-state index in [0.29, 0.717) is 11.9 Å². The van der Waals surface area contributed by atoms with Gasteiger partial charge in [-0.2, -0.15) is 0 Å². The summed E-state index contributed by atoms with van der Waals surface area (Å²) >= 11 is 3.16. The van der Waals surface area contributed by atoms with Crippen LogP contribution in [0.4, 0.5) is 11.4 Å². The molecule has 0 spiro atoms. The van der Waals surface area contributed by atoms with E-state index in [0.717, 1.165) is 0 Å². The molecule has 78 valence electrons. The van der Waals surface area contributed by atoms with Gasteiger partial charge in [0.25, 0.3) is 5.69 Å². The normalized spacial score (nSPS) is 9.33. The van der Waals surface area contributed by atoms with Crippen LogP contribution in [0, 0.1) is 16.7 Å². The maximum absolute atomic E-state index is 10.5. The maximum atomic E-state index is 10.5. The first-order valence-electron chi connectivity index (χ1n) is 4.03. The molecular formula is C9H7BrN2O3. The number of hydrogen-bond acceptors (Lipinski definition) is 3. The third-order valence-corrected chi connectivity index (χ3v) is 1.93. The molecule has 0 bridgehead atoms. The van der Waals surface area contributed by atoms with Crippen LogP contribution in [0.2, 0.25) is 0 Å². The Kier molecular flexibility index (Phi) is 4.06. The Balaban J connectivity index is 3.03. The van der Waals surface area contributed by atoms with Crippen molar-refractivity contribution in [1.29, 1.82) is 0 Å². The SMILES string of the molecule is [C-]#[N+]c1ccc([N+](=O)[O-])cc1OCCBr. The summed E-state index contributed by atoms with van der Waals surface area (Å²) in [5.41, 5.74) is 0.202. The molecule has 6 heteroatoms. The summed E-state index contributed by atoms with van der Waals surface area (Å²) in [5, 5.41) is 11.1. The number of rotatable bonds is 4. The smallest absolute Gasteiger partial charge is 0.270 e. The van der Waals surface area contributed by atoms with Crippen molar-refractivity contribution in [3.05, 3.63) is 39.7 Å². The van der Waals surface area contributed by atoms with Gasteiger partial charge in [-0.15, -0.1) is 0 Å². The fraction of sp³-hybridized carbons (Fsp3) is 0.222. The number of nitrogens with zero attached hydrogens (tertiary/aromatic N) is 2. The molecule has 0 N–H and O–H groups in total. The molecule has 1 rings (SSSR count). The summed E-state index contributed by atoms with van der Waals surface area (Å²) in [6, 6.07) is 3.93. The van der Waals surface area contributed by atoms with Gasteiger partial charge in [0.2, 0.25) is 5.69 Å². The minimum atomic E-state index is -0.519. The Morgan fingerprint density at radius 3 is 2.87 bits per heavy atom. The van der Waals surface area contributed by atoms with Crippen molar-refractivity contribution in [2.75, 3.05) is 11.9 Å². The standard InChI is InChI=1S/C9H7BrN2O3/c1-11-8-3-2-7(12(13)14)6-9(8)15-5-4-10/h2-3,6H,4-5H2. The van der Waals surface area contributed by atoms with Gasteiger partial charge in [-0.1, -0.05) is 15.9 Å². The zero-order valence-electron chi connectivity index (χ0n) is 7.64. The molecule has 0 unspecified atom stereocenters. The second kappa shape index (κ2) is 5.32. The molecule has 0 atom stereocenters. The predicted molar refractivity (Wildman–Crippen MR) is 58.6 cm³/mol. The van der Waals surface area contributed by atoms with Crippen molar-refractivity contribution < 1.29 is 9.66 Å². The molecule has 0 heterocycles. The molecule has 0 saturated carbocycles. The van der Waals surface area contributed by atoms with Gasteiger partial charge >= 0.3 is 0 Å². The molecular weight excluding hydrogens is 264 g/mol. The molecule has 1 aromatic rings. The van der Waals surface area contributed by atoms with Gasteiger partial charge in [0.05, 0.1) is 18.1 Å². The summed E-state index contributed by atoms with van der Waals surface area (Å²) in [4.78, 5) is 13.2. The molecule has 0 radical (unpaired) electrons. The van der Waals surface area contributed by atoms with E-state index >= 15 is 0 Å². The van der Waals surface area contributed by atoms with Crippen molar-refractivity contribution in [1.82, 2.24) is 0 Å². The van der Waals surface area contributed by atoms with E-state index in [2.05, 4.69) is 20.8 Å². The Hall–Kier alpha value is -1.61. The second-order valence-electron chi connectivity index (χ2n) is 2.56. The van der Waals surface area contributed by atoms with E-state index in [1.54, 1.807) is 0 Å². The minimum absolute atomic E-state index is 0.0769. The first-order chi connectivity index (χ1) is 7.19. The molecule has 5 nitrogen and oxygen atoms in total. The highest BCUT2D eigenvalue weighted by atomic mass is 79.9. The number of non-ortho nitro benzene ring substituents is 1. The molecule has 0 saturated heterocycles. The molecule has 0 aliphatic heterocycles. The van der Waals surface area contributed by atoms with E-state index in [1.165, 1.54) is 18.2 Å². The van der Waals surface area contributed by atoms with Gasteiger partial charge in [0.1, 0.15) is 5.75 Å². The first-order valence-corrected chi connectivity index (χ1v) is 5.16. The average molecular weight is 271 g/mol. The largest absolute Gasteiger partial charge is 0.503 e. The summed E-state index contributed by atoms with van der Waals surface area (Å²) < 4.78 is 5.20. The van der Waals surface area contributed by atoms with Crippen LogP contribution in [0.1, 0.15) is 0 Å². The lowest BCUT2D eigenvalue weighted by Gasteiger charge is -2.05. The summed E-state index contributed by atoms with van der Waals surface area (Å²) in [5.74, 6) is 0.249. The number of nitro groups is 1. The number of hydrogen-bond donors (Lipinski definition) is 0. The van der Waals surface area contributed by atoms with E-state index in [-0.39, 0.29) is 17.1 Å². The van der Waals surface area contributed by atoms with Crippen LogP contribution in [0.3, 0.4) is 0 Å². The molecule has 0 aliphatic carbocycles. The average Bonchev–Trinajstić information content (AvgIpc) is 2.25. The second-order valence-corrected chi connectivity index (χ2v) is 3.35. The lowest BCUT2D eigenvalue weighted by Crippen LogP contribution is -1.98. The first kappa shape index (κ1) is 11.5. The topological polar surface area (TPSA) is 56.7 Å². The van der Waals surface area contributed by atoms with Crippen LogP contribution < -0.4 is 4.74 Å². The maximum Gasteiger partial charge on any atom is 0.270 e. The Morgan fingerprint density at radius 2 is 2.33 bits per heavy atom. The summed E-state index contributed by atoms with van der Waals surface area (Å²) in [6.45, 7) is 7.23. The molecule has 0 amide bonds. The zero-order valence-corrected chi connectivity index (χ0v) is 9.23. The Bertz CT molecular complexity index is 414. The number of ether oxygens (including phenoxy) is 1. The van der Waals surface area contributed by atoms with E-state index in [9.17, 15) is 10.1 Å². The van der Waals surface area contributed by atoms with Gasteiger partial charge in [0, 0.05) is 17.5 Å². The molecule has 0 aromatic heterocycles. The molecule has 0 aliphatic rings. The number of nitro benzene ring substituents is 1. The van der Waals surface area contributed by atoms with Crippen LogP contribution >= 0.6 is 15.9 Å². The quantitative estimate of drug-likeness (QED) is 0.366. The highest BCUT2D eigenvalue weighted by Crippen LogP contribution is 2.31. The third kappa shape index (κ3) is 2.92. The minimum Gasteiger partial charge on any atom is -0.503 e. The lowest BCUT2D eigenvalue weighted by molar-refractivity contribution is -0.384. The van der Waals surface area contributed by atoms with Gasteiger partial charge in [-0.05, 0) is 6.07 Å². The van der Waals surface area contributed by atoms with Gasteiger partial charge < -0.3 is 4.74 Å². The van der Waals surface area contributed by atoms with E-state index in [4.69, 9.17) is 11.3 Å². The van der Waals surface area contributed by atoms with Crippen LogP contribution in [0.15, 0.2) is 18.2 Å². The Morgan fingerprint density at radius 1 is 1.60 bits per heavy atom. The predicted octanol–water partition coefficient (Wildman–Crippen LogP) is 2.92. The van der Waals surface area contributed by atoms with E-state index < -0.39 is 4.92 Å². The number of benzene rings is 1. The highest BCUT2D eigenvalue weighted by molar-refractivity contribution is 9.09. The molecule has 0 fully saturated rings. The van der Waals surface area contributed by atoms with Gasteiger partial charge in [-0.3, -0.25) is 10.1 Å². The molecule has 15 heavy (non-hydrogen) atoms. The van der Waals surface area contributed by atoms with Crippen molar-refractivity contribution in [2.24, 2.45) is 0 Å². The third-order valence-electron chi connectivity index (χ3n) is 1.61. The highest BCUT2D eigenvalue weighted by Gasteiger charge is 2.11. The number of halogens is 1. The van der Waals surface area contributed by atoms with Crippen LogP contribution in [-0.2, 0) is 0 Å². The van der Waals surface area contributed by atoms with Crippen LogP contribution in [-0.4, -0.2) is 16.9 Å². The lowest BCUT2D eigenvalue weighted by atomic mass is 10.2. The van der Waals surface area contributed by atoms with Crippen molar-refractivity contribution >= 4 is 27.3 Å². The van der Waals surface area contributed by atoms with Crippen molar-refractivity contribution in [3.8, 4) is 5.75 Å². The molecule has 1 aromatic carbocycles. The van der Waals surface area contributed by atoms with Crippen molar-refractivity contribution in [3.63, 3.8) is 0 Å². The monoisotopic (exact) mass is 270 g/mol. The van der Waals surface area contributed by atoms with Crippen molar-refractivity contribution in [2.45, 2.75) is 0 Å². The van der Waals surface area contributed by atoms with Crippen LogP contribution in [0.5, 0.6) is 5.75 Å². The van der Waals surface area contributed by atoms with Gasteiger partial charge in [0.15, 0.2) is 0 Å². The Labute approximate surface area is 94.8 Å². The van der Waals surface area contributed by atoms with Crippen LogP contribution in [0.25, 0.3) is 4.85 Å². The fourth-order valence-electron chi connectivity index (χ4n) is 0.973.